The van der Waals surface area contributed by atoms with Crippen LogP contribution in [0.25, 0.3) is 10.9 Å². The van der Waals surface area contributed by atoms with Crippen molar-refractivity contribution in [3.05, 3.63) is 40.7 Å². The fourth-order valence-corrected chi connectivity index (χ4v) is 3.05. The highest BCUT2D eigenvalue weighted by Crippen LogP contribution is 2.27. The molecule has 1 aliphatic rings. The smallest absolute Gasteiger partial charge is 0.207 e. The number of hydrogen-bond donors (Lipinski definition) is 1. The van der Waals surface area contributed by atoms with E-state index in [2.05, 4.69) is 5.10 Å². The molecule has 19 heavy (non-hydrogen) atoms. The van der Waals surface area contributed by atoms with Gasteiger partial charge in [-0.1, -0.05) is 18.6 Å². The summed E-state index contributed by atoms with van der Waals surface area (Å²) in [5.74, 6) is 0.597. The van der Waals surface area contributed by atoms with E-state index >= 15 is 0 Å². The number of hydrogen-bond acceptors (Lipinski definition) is 3. The van der Waals surface area contributed by atoms with Crippen LogP contribution in [0.5, 0.6) is 0 Å². The fourth-order valence-electron chi connectivity index (χ4n) is 3.05. The van der Waals surface area contributed by atoms with Crippen molar-refractivity contribution in [1.29, 1.82) is 0 Å². The van der Waals surface area contributed by atoms with Crippen LogP contribution in [0.15, 0.2) is 35.3 Å². The number of aromatic nitrogens is 2. The molecule has 0 aliphatic heterocycles. The third-order valence-corrected chi connectivity index (χ3v) is 4.19. The van der Waals surface area contributed by atoms with Gasteiger partial charge in [-0.3, -0.25) is 9.48 Å². The van der Waals surface area contributed by atoms with Crippen LogP contribution in [0.4, 0.5) is 0 Å². The summed E-state index contributed by atoms with van der Waals surface area (Å²) in [5.41, 5.74) is 7.01. The molecule has 100 valence electrons. The lowest BCUT2D eigenvalue weighted by molar-refractivity contribution is 0.405. The third-order valence-electron chi connectivity index (χ3n) is 4.19. The molecule has 1 saturated carbocycles. The van der Waals surface area contributed by atoms with Gasteiger partial charge in [-0.2, -0.15) is 5.10 Å². The van der Waals surface area contributed by atoms with Crippen molar-refractivity contribution in [2.24, 2.45) is 11.7 Å². The second-order valence-corrected chi connectivity index (χ2v) is 5.39. The van der Waals surface area contributed by atoms with Crippen molar-refractivity contribution in [1.82, 2.24) is 9.78 Å². The average Bonchev–Trinajstić information content (AvgIpc) is 2.84. The Morgan fingerprint density at radius 3 is 2.95 bits per heavy atom. The molecule has 2 unspecified atom stereocenters. The van der Waals surface area contributed by atoms with Gasteiger partial charge in [0.2, 0.25) is 5.43 Å². The van der Waals surface area contributed by atoms with Gasteiger partial charge in [0.05, 0.1) is 11.7 Å². The van der Waals surface area contributed by atoms with Crippen LogP contribution in [-0.2, 0) is 6.54 Å². The van der Waals surface area contributed by atoms with Crippen molar-refractivity contribution < 1.29 is 0 Å². The number of aryl methyl sites for hydroxylation is 1. The maximum absolute atomic E-state index is 11.7. The Balaban J connectivity index is 1.85. The molecule has 1 aromatic carbocycles. The molecule has 0 radical (unpaired) electrons. The molecule has 0 spiro atoms. The monoisotopic (exact) mass is 257 g/mol. The normalized spacial score (nSPS) is 23.0. The Labute approximate surface area is 112 Å². The van der Waals surface area contributed by atoms with Gasteiger partial charge in [0.25, 0.3) is 0 Å². The maximum Gasteiger partial charge on any atom is 0.207 e. The minimum absolute atomic E-state index is 0.00980. The zero-order chi connectivity index (χ0) is 13.2. The summed E-state index contributed by atoms with van der Waals surface area (Å²) in [5, 5.41) is 5.00. The van der Waals surface area contributed by atoms with E-state index < -0.39 is 0 Å². The first kappa shape index (κ1) is 12.4. The molecule has 0 bridgehead atoms. The van der Waals surface area contributed by atoms with E-state index in [-0.39, 0.29) is 5.43 Å². The van der Waals surface area contributed by atoms with Crippen LogP contribution in [0, 0.1) is 5.92 Å². The largest absolute Gasteiger partial charge is 0.327 e. The van der Waals surface area contributed by atoms with Gasteiger partial charge >= 0.3 is 0 Å². The van der Waals surface area contributed by atoms with Gasteiger partial charge in [-0.05, 0) is 37.3 Å². The highest BCUT2D eigenvalue weighted by atomic mass is 16.1. The van der Waals surface area contributed by atoms with Crippen molar-refractivity contribution >= 4 is 10.9 Å². The number of rotatable bonds is 3. The second-order valence-electron chi connectivity index (χ2n) is 5.39. The predicted molar refractivity (Wildman–Crippen MR) is 75.9 cm³/mol. The van der Waals surface area contributed by atoms with E-state index in [0.717, 1.165) is 30.3 Å². The van der Waals surface area contributed by atoms with Crippen molar-refractivity contribution in [3.63, 3.8) is 0 Å². The summed E-state index contributed by atoms with van der Waals surface area (Å²) >= 11 is 0. The quantitative estimate of drug-likeness (QED) is 0.913. The van der Waals surface area contributed by atoms with Gasteiger partial charge in [0.1, 0.15) is 0 Å². The average molecular weight is 257 g/mol. The first-order valence-corrected chi connectivity index (χ1v) is 6.96. The Kier molecular flexibility index (Phi) is 3.34. The van der Waals surface area contributed by atoms with E-state index in [9.17, 15) is 4.79 Å². The van der Waals surface area contributed by atoms with E-state index in [4.69, 9.17) is 5.73 Å². The summed E-state index contributed by atoms with van der Waals surface area (Å²) in [4.78, 5) is 11.7. The Bertz CT molecular complexity index is 635. The summed E-state index contributed by atoms with van der Waals surface area (Å²) < 4.78 is 1.93. The molecule has 0 amide bonds. The molecule has 3 rings (SSSR count). The van der Waals surface area contributed by atoms with Crippen LogP contribution >= 0.6 is 0 Å². The van der Waals surface area contributed by atoms with Crippen LogP contribution in [-0.4, -0.2) is 15.8 Å². The summed E-state index contributed by atoms with van der Waals surface area (Å²) in [6.07, 6.45) is 6.06. The molecular weight excluding hydrogens is 238 g/mol. The summed E-state index contributed by atoms with van der Waals surface area (Å²) in [6.45, 7) is 0.832. The Morgan fingerprint density at radius 2 is 2.16 bits per heavy atom. The summed E-state index contributed by atoms with van der Waals surface area (Å²) in [7, 11) is 0. The predicted octanol–water partition coefficient (Wildman–Crippen LogP) is 1.91. The maximum atomic E-state index is 11.7. The van der Waals surface area contributed by atoms with Gasteiger partial charge in [0.15, 0.2) is 0 Å². The molecule has 2 aromatic rings. The first-order chi connectivity index (χ1) is 9.25. The van der Waals surface area contributed by atoms with E-state index in [0.29, 0.717) is 12.0 Å². The zero-order valence-corrected chi connectivity index (χ0v) is 11.0. The van der Waals surface area contributed by atoms with E-state index in [1.165, 1.54) is 19.0 Å². The number of nitrogens with two attached hydrogens (primary N) is 1. The fraction of sp³-hybridized carbons (Fsp3) is 0.467. The molecule has 2 N–H and O–H groups in total. The Hall–Kier alpha value is -1.68. The van der Waals surface area contributed by atoms with Gasteiger partial charge in [-0.15, -0.1) is 0 Å². The van der Waals surface area contributed by atoms with Crippen LogP contribution in [0.2, 0.25) is 0 Å². The minimum Gasteiger partial charge on any atom is -0.327 e. The number of para-hydroxylation sites is 1. The topological polar surface area (TPSA) is 60.9 Å². The molecule has 0 saturated heterocycles. The number of fused-ring (bicyclic) bond motifs is 1. The molecule has 1 fully saturated rings. The molecular formula is C15H19N3O. The van der Waals surface area contributed by atoms with Crippen LogP contribution < -0.4 is 11.2 Å². The molecule has 1 heterocycles. The number of nitrogens with zero attached hydrogens (tertiary/aromatic N) is 2. The lowest BCUT2D eigenvalue weighted by Crippen LogP contribution is -2.25. The minimum atomic E-state index is -0.00980. The Morgan fingerprint density at radius 1 is 1.32 bits per heavy atom. The summed E-state index contributed by atoms with van der Waals surface area (Å²) in [6, 6.07) is 7.99. The van der Waals surface area contributed by atoms with Gasteiger partial charge < -0.3 is 5.73 Å². The lowest BCUT2D eigenvalue weighted by Gasteiger charge is -2.16. The zero-order valence-electron chi connectivity index (χ0n) is 11.0. The van der Waals surface area contributed by atoms with Crippen LogP contribution in [0.3, 0.4) is 0 Å². The highest BCUT2D eigenvalue weighted by Gasteiger charge is 2.23. The number of benzene rings is 1. The van der Waals surface area contributed by atoms with Crippen molar-refractivity contribution in [2.75, 3.05) is 0 Å². The van der Waals surface area contributed by atoms with Gasteiger partial charge in [0, 0.05) is 18.0 Å². The molecule has 1 aromatic heterocycles. The van der Waals surface area contributed by atoms with E-state index in [1.807, 2.05) is 28.9 Å². The molecule has 4 nitrogen and oxygen atoms in total. The molecule has 4 heteroatoms. The first-order valence-electron chi connectivity index (χ1n) is 6.96. The molecule has 1 aliphatic carbocycles. The molecule has 2 atom stereocenters. The van der Waals surface area contributed by atoms with Crippen molar-refractivity contribution in [2.45, 2.75) is 38.3 Å². The van der Waals surface area contributed by atoms with Crippen LogP contribution in [0.1, 0.15) is 25.7 Å². The second kappa shape index (κ2) is 5.13. The highest BCUT2D eigenvalue weighted by molar-refractivity contribution is 5.77. The van der Waals surface area contributed by atoms with E-state index in [1.54, 1.807) is 0 Å². The van der Waals surface area contributed by atoms with Crippen molar-refractivity contribution in [3.8, 4) is 0 Å². The third kappa shape index (κ3) is 2.40. The van der Waals surface area contributed by atoms with Gasteiger partial charge in [-0.25, -0.2) is 0 Å². The SMILES string of the molecule is NC1CCCC1CCn1ncc(=O)c2ccccc21. The lowest BCUT2D eigenvalue weighted by atomic mass is 10.0. The standard InChI is InChI=1S/C15H19N3O/c16-13-6-3-4-11(13)8-9-18-14-7-2-1-5-12(14)15(19)10-17-18/h1-2,5,7,10-11,13H,3-4,6,8-9,16H2.